The van der Waals surface area contributed by atoms with Crippen molar-refractivity contribution in [3.63, 3.8) is 0 Å². The second-order valence-corrected chi connectivity index (χ2v) is 13.6. The molecule has 0 spiro atoms. The third-order valence-corrected chi connectivity index (χ3v) is 11.3. The first kappa shape index (κ1) is 25.4. The summed E-state index contributed by atoms with van der Waals surface area (Å²) in [7, 11) is 0. The Morgan fingerprint density at radius 1 is 0.511 bits per heavy atom. The number of anilines is 6. The molecule has 2 aliphatic rings. The molecule has 212 valence electrons. The van der Waals surface area contributed by atoms with E-state index in [0.717, 1.165) is 49.2 Å². The van der Waals surface area contributed by atoms with Crippen LogP contribution in [-0.4, -0.2) is 6.71 Å². The lowest BCUT2D eigenvalue weighted by atomic mass is 9.33. The number of benzene rings is 6. The zero-order valence-electron chi connectivity index (χ0n) is 23.7. The van der Waals surface area contributed by atoms with Gasteiger partial charge in [0.15, 0.2) is 0 Å². The molecular formula is C38H21BF2N2S2. The lowest BCUT2D eigenvalue weighted by molar-refractivity contribution is 0.629. The normalized spacial score (nSPS) is 13.4. The van der Waals surface area contributed by atoms with E-state index in [2.05, 4.69) is 81.9 Å². The monoisotopic (exact) mass is 618 g/mol. The summed E-state index contributed by atoms with van der Waals surface area (Å²) in [5, 5.41) is 5.66. The topological polar surface area (TPSA) is 6.48 Å². The summed E-state index contributed by atoms with van der Waals surface area (Å²) in [5.74, 6) is -0.587. The van der Waals surface area contributed by atoms with E-state index in [0.29, 0.717) is 11.4 Å². The van der Waals surface area contributed by atoms with Gasteiger partial charge in [-0.05, 0) is 105 Å². The van der Waals surface area contributed by atoms with Crippen molar-refractivity contribution >= 4 is 110 Å². The lowest BCUT2D eigenvalue weighted by Gasteiger charge is -2.44. The summed E-state index contributed by atoms with van der Waals surface area (Å²) < 4.78 is 35.2. The van der Waals surface area contributed by atoms with Gasteiger partial charge in [0.25, 0.3) is 6.71 Å². The molecule has 0 fully saturated rings. The molecule has 0 saturated heterocycles. The van der Waals surface area contributed by atoms with Gasteiger partial charge in [-0.25, -0.2) is 8.78 Å². The predicted octanol–water partition coefficient (Wildman–Crippen LogP) is 9.63. The Hall–Kier alpha value is -4.98. The third kappa shape index (κ3) is 3.42. The van der Waals surface area contributed by atoms with E-state index in [1.165, 1.54) is 32.3 Å². The van der Waals surface area contributed by atoms with E-state index in [1.54, 1.807) is 34.8 Å². The first-order chi connectivity index (χ1) is 22.2. The summed E-state index contributed by atoms with van der Waals surface area (Å²) in [4.78, 5) is 4.13. The molecule has 2 nitrogen and oxygen atoms in total. The average molecular weight is 619 g/mol. The highest BCUT2D eigenvalue weighted by Gasteiger charge is 2.45. The van der Waals surface area contributed by atoms with Crippen molar-refractivity contribution in [3.8, 4) is 0 Å². The number of fused-ring (bicyclic) bond motifs is 9. The Balaban J connectivity index is 1.41. The van der Waals surface area contributed by atoms with Crippen LogP contribution in [0.3, 0.4) is 0 Å². The summed E-state index contributed by atoms with van der Waals surface area (Å²) in [6, 6.07) is 39.6. The van der Waals surface area contributed by atoms with Crippen molar-refractivity contribution in [3.05, 3.63) is 138 Å². The van der Waals surface area contributed by atoms with Gasteiger partial charge in [-0.1, -0.05) is 54.6 Å². The molecule has 4 heterocycles. The zero-order valence-corrected chi connectivity index (χ0v) is 25.3. The van der Waals surface area contributed by atoms with Crippen molar-refractivity contribution < 1.29 is 8.78 Å². The average Bonchev–Trinajstić information content (AvgIpc) is 3.69. The molecule has 10 rings (SSSR count). The van der Waals surface area contributed by atoms with Crippen LogP contribution >= 0.6 is 22.7 Å². The molecule has 0 saturated carbocycles. The quantitative estimate of drug-likeness (QED) is 0.178. The van der Waals surface area contributed by atoms with Gasteiger partial charge in [0.2, 0.25) is 0 Å². The third-order valence-electron chi connectivity index (χ3n) is 9.26. The van der Waals surface area contributed by atoms with E-state index >= 15 is 8.78 Å². The van der Waals surface area contributed by atoms with Gasteiger partial charge in [0.1, 0.15) is 11.6 Å². The molecule has 0 N–H and O–H groups in total. The Bertz CT molecular complexity index is 2520. The molecule has 7 heteroatoms. The molecule has 0 aliphatic carbocycles. The van der Waals surface area contributed by atoms with Gasteiger partial charge in [0, 0.05) is 36.8 Å². The van der Waals surface area contributed by atoms with Gasteiger partial charge < -0.3 is 9.80 Å². The smallest absolute Gasteiger partial charge is 0.253 e. The summed E-state index contributed by atoms with van der Waals surface area (Å²) in [5.41, 5.74) is 8.00. The second-order valence-electron chi connectivity index (χ2n) is 11.6. The highest BCUT2D eigenvalue weighted by atomic mass is 32.1. The highest BCUT2D eigenvalue weighted by Crippen LogP contribution is 2.47. The number of hydrogen-bond donors (Lipinski definition) is 0. The van der Waals surface area contributed by atoms with Crippen LogP contribution in [-0.2, 0) is 0 Å². The zero-order chi connectivity index (χ0) is 29.8. The number of thiophene rings is 2. The van der Waals surface area contributed by atoms with Crippen LogP contribution in [0, 0.1) is 11.6 Å². The highest BCUT2D eigenvalue weighted by molar-refractivity contribution is 7.26. The van der Waals surface area contributed by atoms with Crippen LogP contribution in [0.25, 0.3) is 30.3 Å². The number of rotatable bonds is 2. The van der Waals surface area contributed by atoms with Crippen molar-refractivity contribution in [2.75, 3.05) is 9.80 Å². The van der Waals surface area contributed by atoms with Crippen molar-refractivity contribution in [1.82, 2.24) is 0 Å². The van der Waals surface area contributed by atoms with Gasteiger partial charge in [-0.3, -0.25) is 0 Å². The SMILES string of the molecule is Fc1ccccc1N1c2cc3sccc3cc2B2c3c1cccc3N(c1ccccc1F)c1ccc3sc4ccccc4c3c12. The van der Waals surface area contributed by atoms with E-state index < -0.39 is 0 Å². The fourth-order valence-electron chi connectivity index (χ4n) is 7.49. The predicted molar refractivity (Wildman–Crippen MR) is 189 cm³/mol. The van der Waals surface area contributed by atoms with E-state index in [1.807, 2.05) is 30.3 Å². The number of para-hydroxylation sites is 2. The second kappa shape index (κ2) is 9.27. The summed E-state index contributed by atoms with van der Waals surface area (Å²) in [6.45, 7) is -0.154. The molecule has 0 unspecified atom stereocenters. The Labute approximate surface area is 266 Å². The molecule has 0 atom stereocenters. The molecule has 2 aliphatic heterocycles. The molecule has 0 bridgehead atoms. The summed E-state index contributed by atoms with van der Waals surface area (Å²) >= 11 is 3.48. The van der Waals surface area contributed by atoms with Crippen LogP contribution in [0.5, 0.6) is 0 Å². The standard InChI is InChI=1S/C38H21BF2N2S2/c40-25-9-2-4-11-27(25)42-29-13-7-14-30-37(29)39(38-31(42)16-17-34-36(38)23-8-1-6-15-33(23)45-34)24-20-22-18-19-44-35(22)21-32(24)43(30)28-12-5-3-10-26(28)41/h1-21H. The lowest BCUT2D eigenvalue weighted by Crippen LogP contribution is -2.61. The minimum absolute atomic E-state index is 0.154. The van der Waals surface area contributed by atoms with Gasteiger partial charge >= 0.3 is 0 Å². The van der Waals surface area contributed by atoms with E-state index in [9.17, 15) is 0 Å². The fourth-order valence-corrected chi connectivity index (χ4v) is 9.41. The maximum atomic E-state index is 15.8. The first-order valence-electron chi connectivity index (χ1n) is 14.8. The molecule has 8 aromatic rings. The van der Waals surface area contributed by atoms with Crippen LogP contribution in [0.2, 0.25) is 0 Å². The van der Waals surface area contributed by atoms with Crippen molar-refractivity contribution in [1.29, 1.82) is 0 Å². The maximum Gasteiger partial charge on any atom is 0.253 e. The Morgan fingerprint density at radius 3 is 1.91 bits per heavy atom. The molecule has 6 aromatic carbocycles. The minimum Gasteiger partial charge on any atom is -0.309 e. The van der Waals surface area contributed by atoms with Crippen molar-refractivity contribution in [2.24, 2.45) is 0 Å². The van der Waals surface area contributed by atoms with Gasteiger partial charge in [0.05, 0.1) is 11.4 Å². The Morgan fingerprint density at radius 2 is 1.16 bits per heavy atom. The van der Waals surface area contributed by atoms with Gasteiger partial charge in [-0.2, -0.15) is 0 Å². The minimum atomic E-state index is -0.295. The molecule has 45 heavy (non-hydrogen) atoms. The number of halogens is 2. The van der Waals surface area contributed by atoms with E-state index in [4.69, 9.17) is 0 Å². The van der Waals surface area contributed by atoms with Crippen molar-refractivity contribution in [2.45, 2.75) is 0 Å². The van der Waals surface area contributed by atoms with Crippen LogP contribution in [0.4, 0.5) is 42.9 Å². The molecule has 2 aromatic heterocycles. The molecule has 0 amide bonds. The largest absolute Gasteiger partial charge is 0.309 e. The fraction of sp³-hybridized carbons (Fsp3) is 0. The number of hydrogen-bond acceptors (Lipinski definition) is 4. The van der Waals surface area contributed by atoms with Gasteiger partial charge in [-0.15, -0.1) is 22.7 Å². The van der Waals surface area contributed by atoms with Crippen LogP contribution in [0.1, 0.15) is 0 Å². The maximum absolute atomic E-state index is 15.8. The van der Waals surface area contributed by atoms with E-state index in [-0.39, 0.29) is 18.3 Å². The number of nitrogens with zero attached hydrogens (tertiary/aromatic N) is 2. The molecule has 0 radical (unpaired) electrons. The first-order valence-corrected chi connectivity index (χ1v) is 16.5. The summed E-state index contributed by atoms with van der Waals surface area (Å²) in [6.07, 6.45) is 0. The molecular weight excluding hydrogens is 597 g/mol. The van der Waals surface area contributed by atoms with Crippen LogP contribution < -0.4 is 26.2 Å². The Kier molecular flexibility index (Phi) is 5.22. The van der Waals surface area contributed by atoms with Crippen LogP contribution in [0.15, 0.2) is 127 Å².